The van der Waals surface area contributed by atoms with Crippen LogP contribution in [-0.4, -0.2) is 12.5 Å². The van der Waals surface area contributed by atoms with Crippen LogP contribution >= 0.6 is 15.9 Å². The van der Waals surface area contributed by atoms with E-state index in [1.165, 1.54) is 6.26 Å². The fourth-order valence-corrected chi connectivity index (χ4v) is 1.08. The minimum absolute atomic E-state index is 0.183. The first-order valence-electron chi connectivity index (χ1n) is 3.66. The van der Waals surface area contributed by atoms with Crippen LogP contribution in [0.1, 0.15) is 17.3 Å². The van der Waals surface area contributed by atoms with Crippen molar-refractivity contribution in [3.8, 4) is 11.8 Å². The molecule has 0 bridgehead atoms. The molecule has 0 radical (unpaired) electrons. The van der Waals surface area contributed by atoms with Gasteiger partial charge in [-0.3, -0.25) is 4.79 Å². The molecule has 3 nitrogen and oxygen atoms in total. The highest BCUT2D eigenvalue weighted by Gasteiger charge is 2.06. The number of hydrogen-bond acceptors (Lipinski definition) is 2. The largest absolute Gasteiger partial charge is 0.457 e. The zero-order valence-electron chi connectivity index (χ0n) is 7.06. The zero-order valence-corrected chi connectivity index (χ0v) is 8.64. The molecule has 4 heteroatoms. The van der Waals surface area contributed by atoms with Crippen molar-refractivity contribution >= 4 is 21.8 Å². The summed E-state index contributed by atoms with van der Waals surface area (Å²) >= 11 is 3.11. The van der Waals surface area contributed by atoms with Gasteiger partial charge in [0.05, 0.1) is 12.1 Å². The lowest BCUT2D eigenvalue weighted by atomic mass is 10.3. The lowest BCUT2D eigenvalue weighted by Gasteiger charge is -1.95. The molecule has 0 unspecified atom stereocenters. The first kappa shape index (κ1) is 9.87. The summed E-state index contributed by atoms with van der Waals surface area (Å²) in [4.78, 5) is 11.3. The molecule has 0 saturated carbocycles. The van der Waals surface area contributed by atoms with Gasteiger partial charge in [0.25, 0.3) is 5.91 Å². The van der Waals surface area contributed by atoms with Crippen LogP contribution in [0.4, 0.5) is 0 Å². The summed E-state index contributed by atoms with van der Waals surface area (Å²) < 4.78 is 5.45. The van der Waals surface area contributed by atoms with Gasteiger partial charge in [0.2, 0.25) is 0 Å². The van der Waals surface area contributed by atoms with Crippen LogP contribution in [0.3, 0.4) is 0 Å². The Morgan fingerprint density at radius 3 is 3.08 bits per heavy atom. The van der Waals surface area contributed by atoms with E-state index in [1.54, 1.807) is 13.0 Å². The topological polar surface area (TPSA) is 42.2 Å². The summed E-state index contributed by atoms with van der Waals surface area (Å²) in [7, 11) is 0. The summed E-state index contributed by atoms with van der Waals surface area (Å²) in [6.07, 6.45) is 1.39. The predicted octanol–water partition coefficient (Wildman–Crippen LogP) is 1.80. The van der Waals surface area contributed by atoms with Gasteiger partial charge < -0.3 is 9.73 Å². The van der Waals surface area contributed by atoms with Crippen molar-refractivity contribution in [1.82, 2.24) is 5.32 Å². The van der Waals surface area contributed by atoms with Crippen LogP contribution in [0.15, 0.2) is 21.4 Å². The van der Waals surface area contributed by atoms with Gasteiger partial charge in [0.15, 0.2) is 4.67 Å². The van der Waals surface area contributed by atoms with Gasteiger partial charge in [-0.25, -0.2) is 0 Å². The van der Waals surface area contributed by atoms with E-state index in [0.29, 0.717) is 16.8 Å². The highest BCUT2D eigenvalue weighted by Crippen LogP contribution is 2.13. The van der Waals surface area contributed by atoms with Crippen LogP contribution < -0.4 is 5.32 Å². The number of carbonyl (C=O) groups excluding carboxylic acids is 1. The third-order valence-electron chi connectivity index (χ3n) is 1.34. The SMILES string of the molecule is CC#CCNC(=O)c1coc(Br)c1. The Bertz CT molecular complexity index is 359. The second-order valence-electron chi connectivity index (χ2n) is 2.25. The first-order valence-corrected chi connectivity index (χ1v) is 4.45. The van der Waals surface area contributed by atoms with Gasteiger partial charge in [-0.1, -0.05) is 5.92 Å². The molecule has 0 atom stereocenters. The molecule has 0 spiro atoms. The van der Waals surface area contributed by atoms with Crippen LogP contribution in [0.2, 0.25) is 0 Å². The minimum Gasteiger partial charge on any atom is -0.457 e. The van der Waals surface area contributed by atoms with E-state index in [4.69, 9.17) is 4.42 Å². The summed E-state index contributed by atoms with van der Waals surface area (Å²) in [6.45, 7) is 2.08. The van der Waals surface area contributed by atoms with E-state index in [1.807, 2.05) is 0 Å². The smallest absolute Gasteiger partial charge is 0.255 e. The van der Waals surface area contributed by atoms with Crippen molar-refractivity contribution in [3.63, 3.8) is 0 Å². The van der Waals surface area contributed by atoms with Gasteiger partial charge in [-0.05, 0) is 22.9 Å². The number of hydrogen-bond donors (Lipinski definition) is 1. The number of nitrogens with one attached hydrogen (secondary N) is 1. The fourth-order valence-electron chi connectivity index (χ4n) is 0.744. The van der Waals surface area contributed by atoms with Gasteiger partial charge in [0, 0.05) is 6.07 Å². The van der Waals surface area contributed by atoms with Gasteiger partial charge in [0.1, 0.15) is 6.26 Å². The summed E-state index contributed by atoms with van der Waals surface area (Å²) in [5.74, 6) is 5.23. The zero-order chi connectivity index (χ0) is 9.68. The number of carbonyl (C=O) groups is 1. The fraction of sp³-hybridized carbons (Fsp3) is 0.222. The number of halogens is 1. The lowest BCUT2D eigenvalue weighted by molar-refractivity contribution is 0.0958. The highest BCUT2D eigenvalue weighted by molar-refractivity contribution is 9.10. The van der Waals surface area contributed by atoms with Gasteiger partial charge in [-0.15, -0.1) is 5.92 Å². The van der Waals surface area contributed by atoms with E-state index < -0.39 is 0 Å². The third-order valence-corrected chi connectivity index (χ3v) is 1.76. The van der Waals surface area contributed by atoms with Crippen LogP contribution in [0, 0.1) is 11.8 Å². The molecule has 1 aromatic rings. The monoisotopic (exact) mass is 241 g/mol. The van der Waals surface area contributed by atoms with Crippen LogP contribution in [0.5, 0.6) is 0 Å². The predicted molar refractivity (Wildman–Crippen MR) is 52.2 cm³/mol. The molecule has 0 fully saturated rings. The Kier molecular flexibility index (Phi) is 3.59. The quantitative estimate of drug-likeness (QED) is 0.803. The van der Waals surface area contributed by atoms with Crippen molar-refractivity contribution in [1.29, 1.82) is 0 Å². The van der Waals surface area contributed by atoms with E-state index in [2.05, 4.69) is 33.1 Å². The molecule has 1 aromatic heterocycles. The molecule has 1 heterocycles. The first-order chi connectivity index (χ1) is 6.24. The molecular formula is C9H8BrNO2. The van der Waals surface area contributed by atoms with Crippen molar-refractivity contribution in [3.05, 3.63) is 22.6 Å². The van der Waals surface area contributed by atoms with E-state index >= 15 is 0 Å². The average molecular weight is 242 g/mol. The maximum absolute atomic E-state index is 11.3. The van der Waals surface area contributed by atoms with E-state index in [9.17, 15) is 4.79 Å². The molecule has 68 valence electrons. The molecule has 0 aliphatic heterocycles. The van der Waals surface area contributed by atoms with E-state index in [0.717, 1.165) is 0 Å². The summed E-state index contributed by atoms with van der Waals surface area (Å²) in [5, 5.41) is 2.62. The Labute approximate surface area is 84.6 Å². The molecule has 1 amide bonds. The second-order valence-corrected chi connectivity index (χ2v) is 3.03. The minimum atomic E-state index is -0.183. The highest BCUT2D eigenvalue weighted by atomic mass is 79.9. The number of furan rings is 1. The van der Waals surface area contributed by atoms with Gasteiger partial charge >= 0.3 is 0 Å². The van der Waals surface area contributed by atoms with E-state index in [-0.39, 0.29) is 5.91 Å². The molecule has 0 saturated heterocycles. The van der Waals surface area contributed by atoms with Crippen molar-refractivity contribution in [2.24, 2.45) is 0 Å². The average Bonchev–Trinajstić information content (AvgIpc) is 2.52. The molecule has 0 aliphatic carbocycles. The van der Waals surface area contributed by atoms with Crippen LogP contribution in [0.25, 0.3) is 0 Å². The Balaban J connectivity index is 2.52. The third kappa shape index (κ3) is 2.96. The van der Waals surface area contributed by atoms with Crippen molar-refractivity contribution < 1.29 is 9.21 Å². The molecule has 13 heavy (non-hydrogen) atoms. The Morgan fingerprint density at radius 1 is 1.77 bits per heavy atom. The van der Waals surface area contributed by atoms with Gasteiger partial charge in [-0.2, -0.15) is 0 Å². The number of amides is 1. The summed E-state index contributed by atoms with van der Waals surface area (Å²) in [5.41, 5.74) is 0.491. The standard InChI is InChI=1S/C9H8BrNO2/c1-2-3-4-11-9(12)7-5-8(10)13-6-7/h5-6H,4H2,1H3,(H,11,12). The second kappa shape index (κ2) is 4.73. The summed E-state index contributed by atoms with van der Waals surface area (Å²) in [6, 6.07) is 1.61. The van der Waals surface area contributed by atoms with Crippen molar-refractivity contribution in [2.45, 2.75) is 6.92 Å². The molecule has 1 N–H and O–H groups in total. The maximum atomic E-state index is 11.3. The maximum Gasteiger partial charge on any atom is 0.255 e. The molecule has 0 aliphatic rings. The molecule has 0 aromatic carbocycles. The molecule has 1 rings (SSSR count). The lowest BCUT2D eigenvalue weighted by Crippen LogP contribution is -2.22. The number of rotatable bonds is 2. The Morgan fingerprint density at radius 2 is 2.54 bits per heavy atom. The normalized spacial score (nSPS) is 8.77. The molecular weight excluding hydrogens is 234 g/mol. The Hall–Kier alpha value is -1.21. The van der Waals surface area contributed by atoms with Crippen molar-refractivity contribution in [2.75, 3.05) is 6.54 Å². The van der Waals surface area contributed by atoms with Crippen LogP contribution in [-0.2, 0) is 0 Å².